The highest BCUT2D eigenvalue weighted by Crippen LogP contribution is 2.28. The zero-order chi connectivity index (χ0) is 19.0. The second-order valence-corrected chi connectivity index (χ2v) is 8.58. The van der Waals surface area contributed by atoms with Crippen molar-refractivity contribution in [1.82, 2.24) is 10.2 Å². The Balaban J connectivity index is 1.65. The van der Waals surface area contributed by atoms with E-state index in [-0.39, 0.29) is 16.6 Å². The number of rotatable bonds is 5. The fourth-order valence-electron chi connectivity index (χ4n) is 3.11. The van der Waals surface area contributed by atoms with Crippen molar-refractivity contribution in [2.75, 3.05) is 24.3 Å². The normalized spacial score (nSPS) is 17.5. The molecule has 1 fully saturated rings. The third kappa shape index (κ3) is 3.65. The van der Waals surface area contributed by atoms with Crippen LogP contribution >= 0.6 is 0 Å². The van der Waals surface area contributed by atoms with Gasteiger partial charge in [-0.1, -0.05) is 0 Å². The largest absolute Gasteiger partial charge is 0.381 e. The Morgan fingerprint density at radius 3 is 2.78 bits per heavy atom. The number of fused-ring (bicyclic) bond motifs is 1. The van der Waals surface area contributed by atoms with E-state index in [0.717, 1.165) is 18.6 Å². The first-order valence-electron chi connectivity index (χ1n) is 8.43. The summed E-state index contributed by atoms with van der Waals surface area (Å²) in [5.74, 6) is -1.58. The highest BCUT2D eigenvalue weighted by molar-refractivity contribution is 7.91. The van der Waals surface area contributed by atoms with E-state index >= 15 is 0 Å². The van der Waals surface area contributed by atoms with Crippen LogP contribution in [-0.4, -0.2) is 37.6 Å². The SMILES string of the molecule is O=S(=O)(C[C@H]1CCOC1)c1ccc2[nH]nc(Nc3ccc(F)c(F)c3)c2c1. The predicted molar refractivity (Wildman–Crippen MR) is 96.7 cm³/mol. The molecule has 1 atom stereocenters. The van der Waals surface area contributed by atoms with Crippen molar-refractivity contribution in [3.8, 4) is 0 Å². The lowest BCUT2D eigenvalue weighted by Crippen LogP contribution is -2.16. The smallest absolute Gasteiger partial charge is 0.178 e. The average Bonchev–Trinajstić information content (AvgIpc) is 3.27. The van der Waals surface area contributed by atoms with Gasteiger partial charge in [0.05, 0.1) is 22.8 Å². The molecule has 0 spiro atoms. The van der Waals surface area contributed by atoms with Gasteiger partial charge < -0.3 is 10.1 Å². The van der Waals surface area contributed by atoms with Gasteiger partial charge in [0.2, 0.25) is 0 Å². The van der Waals surface area contributed by atoms with E-state index < -0.39 is 21.5 Å². The van der Waals surface area contributed by atoms with Crippen molar-refractivity contribution >= 4 is 32.2 Å². The maximum atomic E-state index is 13.4. The Bertz CT molecular complexity index is 1090. The summed E-state index contributed by atoms with van der Waals surface area (Å²) in [6.45, 7) is 1.04. The molecule has 1 aliphatic heterocycles. The number of nitrogens with zero attached hydrogens (tertiary/aromatic N) is 1. The molecule has 6 nitrogen and oxygen atoms in total. The second-order valence-electron chi connectivity index (χ2n) is 6.54. The average molecular weight is 393 g/mol. The minimum atomic E-state index is -3.47. The molecule has 1 saturated heterocycles. The van der Waals surface area contributed by atoms with Crippen molar-refractivity contribution in [2.45, 2.75) is 11.3 Å². The molecule has 2 aromatic carbocycles. The molecule has 0 aliphatic carbocycles. The third-order valence-corrected chi connectivity index (χ3v) is 6.44. The topological polar surface area (TPSA) is 84.1 Å². The Hall–Kier alpha value is -2.52. The Morgan fingerprint density at radius 2 is 2.04 bits per heavy atom. The molecule has 27 heavy (non-hydrogen) atoms. The van der Waals surface area contributed by atoms with Gasteiger partial charge in [-0.15, -0.1) is 0 Å². The number of benzene rings is 2. The zero-order valence-electron chi connectivity index (χ0n) is 14.2. The van der Waals surface area contributed by atoms with E-state index in [9.17, 15) is 17.2 Å². The molecular formula is C18H17F2N3O3S. The Labute approximate surface area is 154 Å². The summed E-state index contributed by atoms with van der Waals surface area (Å²) in [6.07, 6.45) is 0.732. The van der Waals surface area contributed by atoms with Gasteiger partial charge in [0.15, 0.2) is 27.3 Å². The van der Waals surface area contributed by atoms with Gasteiger partial charge in [0, 0.05) is 23.7 Å². The molecule has 1 aromatic heterocycles. The van der Waals surface area contributed by atoms with Crippen LogP contribution in [-0.2, 0) is 14.6 Å². The Morgan fingerprint density at radius 1 is 1.19 bits per heavy atom. The second kappa shape index (κ2) is 6.90. The van der Waals surface area contributed by atoms with Crippen molar-refractivity contribution in [2.24, 2.45) is 5.92 Å². The first kappa shape index (κ1) is 17.9. The van der Waals surface area contributed by atoms with Crippen LogP contribution < -0.4 is 5.32 Å². The van der Waals surface area contributed by atoms with E-state index in [4.69, 9.17) is 4.74 Å². The number of aromatic nitrogens is 2. The van der Waals surface area contributed by atoms with Gasteiger partial charge >= 0.3 is 0 Å². The molecule has 0 radical (unpaired) electrons. The number of sulfone groups is 1. The van der Waals surface area contributed by atoms with Crippen LogP contribution in [0.3, 0.4) is 0 Å². The number of H-pyrrole nitrogens is 1. The van der Waals surface area contributed by atoms with Gasteiger partial charge in [-0.05, 0) is 42.7 Å². The predicted octanol–water partition coefficient (Wildman–Crippen LogP) is 3.39. The lowest BCUT2D eigenvalue weighted by Gasteiger charge is -2.09. The van der Waals surface area contributed by atoms with Crippen molar-refractivity contribution in [3.05, 3.63) is 48.0 Å². The monoisotopic (exact) mass is 393 g/mol. The van der Waals surface area contributed by atoms with Gasteiger partial charge in [-0.3, -0.25) is 5.10 Å². The molecule has 0 bridgehead atoms. The van der Waals surface area contributed by atoms with Crippen LogP contribution in [0.15, 0.2) is 41.3 Å². The van der Waals surface area contributed by atoms with Crippen LogP contribution in [0.5, 0.6) is 0 Å². The van der Waals surface area contributed by atoms with Gasteiger partial charge in [-0.25, -0.2) is 17.2 Å². The van der Waals surface area contributed by atoms with Crippen molar-refractivity contribution in [1.29, 1.82) is 0 Å². The third-order valence-electron chi connectivity index (χ3n) is 4.55. The molecule has 3 aromatic rings. The lowest BCUT2D eigenvalue weighted by atomic mass is 10.2. The Kier molecular flexibility index (Phi) is 4.56. The van der Waals surface area contributed by atoms with Crippen LogP contribution in [0.4, 0.5) is 20.3 Å². The number of ether oxygens (including phenoxy) is 1. The maximum Gasteiger partial charge on any atom is 0.178 e. The molecule has 9 heteroatoms. The summed E-state index contributed by atoms with van der Waals surface area (Å²) in [4.78, 5) is 0.191. The van der Waals surface area contributed by atoms with Crippen molar-refractivity contribution < 1.29 is 21.9 Å². The van der Waals surface area contributed by atoms with Crippen LogP contribution in [0, 0.1) is 17.6 Å². The standard InChI is InChI=1S/C18H17F2N3O3S/c19-15-3-1-12(7-16(15)20)21-18-14-8-13(2-4-17(14)22-23-18)27(24,25)10-11-5-6-26-9-11/h1-4,7-8,11H,5-6,9-10H2,(H2,21,22,23)/t11-/m0/s1. The number of nitrogens with one attached hydrogen (secondary N) is 2. The summed E-state index contributed by atoms with van der Waals surface area (Å²) < 4.78 is 57.2. The summed E-state index contributed by atoms with van der Waals surface area (Å²) in [5.41, 5.74) is 0.932. The maximum absolute atomic E-state index is 13.4. The van der Waals surface area contributed by atoms with E-state index in [1.165, 1.54) is 18.2 Å². The van der Waals surface area contributed by atoms with Gasteiger partial charge in [0.1, 0.15) is 0 Å². The highest BCUT2D eigenvalue weighted by atomic mass is 32.2. The van der Waals surface area contributed by atoms with E-state index in [2.05, 4.69) is 15.5 Å². The molecule has 2 heterocycles. The molecule has 1 aliphatic rings. The molecule has 2 N–H and O–H groups in total. The first-order valence-corrected chi connectivity index (χ1v) is 10.1. The summed E-state index contributed by atoms with van der Waals surface area (Å²) in [6, 6.07) is 8.10. The van der Waals surface area contributed by atoms with Crippen molar-refractivity contribution in [3.63, 3.8) is 0 Å². The summed E-state index contributed by atoms with van der Waals surface area (Å²) in [7, 11) is -3.47. The highest BCUT2D eigenvalue weighted by Gasteiger charge is 2.25. The van der Waals surface area contributed by atoms with E-state index in [1.807, 2.05) is 0 Å². The fourth-order valence-corrected chi connectivity index (χ4v) is 4.76. The number of anilines is 2. The van der Waals surface area contributed by atoms with E-state index in [0.29, 0.717) is 35.6 Å². The number of halogens is 2. The fraction of sp³-hybridized carbons (Fsp3) is 0.278. The number of hydrogen-bond acceptors (Lipinski definition) is 5. The number of aromatic amines is 1. The quantitative estimate of drug-likeness (QED) is 0.694. The minimum Gasteiger partial charge on any atom is -0.381 e. The zero-order valence-corrected chi connectivity index (χ0v) is 15.0. The molecule has 0 saturated carbocycles. The van der Waals surface area contributed by atoms with Gasteiger partial charge in [0.25, 0.3) is 0 Å². The van der Waals surface area contributed by atoms with Gasteiger partial charge in [-0.2, -0.15) is 5.10 Å². The lowest BCUT2D eigenvalue weighted by molar-refractivity contribution is 0.188. The molecule has 142 valence electrons. The van der Waals surface area contributed by atoms with Crippen LogP contribution in [0.2, 0.25) is 0 Å². The molecular weight excluding hydrogens is 376 g/mol. The molecule has 4 rings (SSSR count). The summed E-state index contributed by atoms with van der Waals surface area (Å²) in [5, 5.41) is 10.3. The van der Waals surface area contributed by atoms with Crippen LogP contribution in [0.1, 0.15) is 6.42 Å². The molecule has 0 unspecified atom stereocenters. The van der Waals surface area contributed by atoms with E-state index in [1.54, 1.807) is 6.07 Å². The minimum absolute atomic E-state index is 0.00478. The first-order chi connectivity index (χ1) is 12.9. The molecule has 0 amide bonds. The summed E-state index contributed by atoms with van der Waals surface area (Å²) >= 11 is 0. The van der Waals surface area contributed by atoms with Crippen LogP contribution in [0.25, 0.3) is 10.9 Å². The number of hydrogen-bond donors (Lipinski definition) is 2.